The van der Waals surface area contributed by atoms with Crippen molar-refractivity contribution in [1.82, 2.24) is 19.4 Å². The topological polar surface area (TPSA) is 68.1 Å². The lowest BCUT2D eigenvalue weighted by atomic mass is 10.1. The second kappa shape index (κ2) is 7.22. The van der Waals surface area contributed by atoms with Crippen LogP contribution < -0.4 is 0 Å². The first-order valence-electron chi connectivity index (χ1n) is 9.99. The summed E-state index contributed by atoms with van der Waals surface area (Å²) in [5.74, 6) is 0.0710. The van der Waals surface area contributed by atoms with Crippen LogP contribution in [-0.2, 0) is 19.5 Å². The number of aryl methyl sites for hydroxylation is 1. The lowest BCUT2D eigenvalue weighted by molar-refractivity contribution is 0.0637. The number of carbonyl (C=O) groups excluding carboxylic acids is 2. The zero-order chi connectivity index (χ0) is 20.7. The molecule has 0 saturated heterocycles. The predicted octanol–water partition coefficient (Wildman–Crippen LogP) is 3.84. The van der Waals surface area contributed by atoms with Crippen molar-refractivity contribution in [2.45, 2.75) is 26.4 Å². The maximum Gasteiger partial charge on any atom is 0.261 e. The van der Waals surface area contributed by atoms with Crippen LogP contribution in [0.3, 0.4) is 0 Å². The maximum absolute atomic E-state index is 12.8. The Bertz CT molecular complexity index is 1240. The van der Waals surface area contributed by atoms with Crippen molar-refractivity contribution in [1.29, 1.82) is 0 Å². The number of imidazole rings is 1. The van der Waals surface area contributed by atoms with Gasteiger partial charge in [0.15, 0.2) is 5.65 Å². The minimum atomic E-state index is -0.283. The molecule has 5 rings (SSSR count). The van der Waals surface area contributed by atoms with E-state index in [9.17, 15) is 9.59 Å². The molecule has 2 aromatic heterocycles. The average molecular weight is 396 g/mol. The highest BCUT2D eigenvalue weighted by Crippen LogP contribution is 2.25. The minimum absolute atomic E-state index is 0.107. The first-order valence-corrected chi connectivity index (χ1v) is 9.99. The van der Waals surface area contributed by atoms with Crippen LogP contribution in [0.4, 0.5) is 0 Å². The zero-order valence-corrected chi connectivity index (χ0v) is 16.6. The molecule has 1 aliphatic rings. The normalized spacial score (nSPS) is 13.3. The van der Waals surface area contributed by atoms with Crippen molar-refractivity contribution < 1.29 is 9.59 Å². The molecule has 1 aliphatic heterocycles. The Hall–Kier alpha value is -3.80. The van der Waals surface area contributed by atoms with Crippen molar-refractivity contribution in [3.8, 4) is 0 Å². The molecule has 3 heterocycles. The van der Waals surface area contributed by atoms with Crippen LogP contribution in [0, 0.1) is 0 Å². The summed E-state index contributed by atoms with van der Waals surface area (Å²) in [5.41, 5.74) is 4.76. The molecule has 4 aromatic rings. The molecule has 0 spiro atoms. The molecule has 2 amide bonds. The van der Waals surface area contributed by atoms with Crippen molar-refractivity contribution in [2.75, 3.05) is 0 Å². The first-order chi connectivity index (χ1) is 14.7. The van der Waals surface area contributed by atoms with Gasteiger partial charge in [-0.05, 0) is 41.8 Å². The van der Waals surface area contributed by atoms with Gasteiger partial charge in [-0.3, -0.25) is 14.5 Å². The van der Waals surface area contributed by atoms with E-state index in [2.05, 4.69) is 36.2 Å². The molecule has 0 saturated carbocycles. The van der Waals surface area contributed by atoms with Gasteiger partial charge in [-0.1, -0.05) is 43.3 Å². The number of amides is 2. The maximum atomic E-state index is 12.8. The Balaban J connectivity index is 1.52. The Morgan fingerprint density at radius 3 is 2.13 bits per heavy atom. The number of rotatable bonds is 5. The molecule has 0 unspecified atom stereocenters. The fraction of sp³-hybridized carbons (Fsp3) is 0.167. The summed E-state index contributed by atoms with van der Waals surface area (Å²) in [6.45, 7) is 2.80. The van der Waals surface area contributed by atoms with Crippen LogP contribution in [0.5, 0.6) is 0 Å². The van der Waals surface area contributed by atoms with Gasteiger partial charge in [-0.2, -0.15) is 0 Å². The Morgan fingerprint density at radius 2 is 1.47 bits per heavy atom. The van der Waals surface area contributed by atoms with Crippen molar-refractivity contribution in [3.05, 3.63) is 94.9 Å². The van der Waals surface area contributed by atoms with Crippen LogP contribution in [0.25, 0.3) is 11.2 Å². The number of hydrogen-bond donors (Lipinski definition) is 0. The van der Waals surface area contributed by atoms with Crippen molar-refractivity contribution >= 4 is 23.0 Å². The number of carbonyl (C=O) groups is 2. The van der Waals surface area contributed by atoms with E-state index in [1.54, 1.807) is 30.5 Å². The number of pyridine rings is 1. The second-order valence-corrected chi connectivity index (χ2v) is 7.37. The third-order valence-corrected chi connectivity index (χ3v) is 5.53. The van der Waals surface area contributed by atoms with E-state index in [0.29, 0.717) is 23.5 Å². The van der Waals surface area contributed by atoms with Gasteiger partial charge in [-0.15, -0.1) is 0 Å². The van der Waals surface area contributed by atoms with Crippen LogP contribution in [0.2, 0.25) is 0 Å². The SMILES string of the molecule is CCc1ccc(Cn2c(CN3C(=O)c4ccccc4C3=O)nc3cccnc32)cc1. The Morgan fingerprint density at radius 1 is 0.800 bits per heavy atom. The third-order valence-electron chi connectivity index (χ3n) is 5.53. The van der Waals surface area contributed by atoms with E-state index >= 15 is 0 Å². The van der Waals surface area contributed by atoms with E-state index in [4.69, 9.17) is 4.98 Å². The number of fused-ring (bicyclic) bond motifs is 2. The van der Waals surface area contributed by atoms with Crippen LogP contribution in [0.1, 0.15) is 44.6 Å². The van der Waals surface area contributed by atoms with E-state index in [1.165, 1.54) is 10.5 Å². The summed E-state index contributed by atoms with van der Waals surface area (Å²) in [4.78, 5) is 36.1. The largest absolute Gasteiger partial charge is 0.307 e. The van der Waals surface area contributed by atoms with E-state index in [1.807, 2.05) is 16.7 Å². The van der Waals surface area contributed by atoms with Crippen molar-refractivity contribution in [2.24, 2.45) is 0 Å². The van der Waals surface area contributed by atoms with Gasteiger partial charge in [0.05, 0.1) is 24.2 Å². The smallest absolute Gasteiger partial charge is 0.261 e. The summed E-state index contributed by atoms with van der Waals surface area (Å²) in [7, 11) is 0. The second-order valence-electron chi connectivity index (χ2n) is 7.37. The van der Waals surface area contributed by atoms with Crippen LogP contribution in [0.15, 0.2) is 66.9 Å². The molecule has 6 nitrogen and oxygen atoms in total. The zero-order valence-electron chi connectivity index (χ0n) is 16.6. The highest BCUT2D eigenvalue weighted by molar-refractivity contribution is 6.21. The van der Waals surface area contributed by atoms with Crippen LogP contribution in [-0.4, -0.2) is 31.2 Å². The molecule has 148 valence electrons. The minimum Gasteiger partial charge on any atom is -0.307 e. The van der Waals surface area contributed by atoms with Gasteiger partial charge in [0.25, 0.3) is 11.8 Å². The monoisotopic (exact) mass is 396 g/mol. The summed E-state index contributed by atoms with van der Waals surface area (Å²) < 4.78 is 1.99. The fourth-order valence-corrected chi connectivity index (χ4v) is 3.88. The Kier molecular flexibility index (Phi) is 4.39. The predicted molar refractivity (Wildman–Crippen MR) is 113 cm³/mol. The van der Waals surface area contributed by atoms with E-state index in [0.717, 1.165) is 23.1 Å². The van der Waals surface area contributed by atoms with E-state index in [-0.39, 0.29) is 18.4 Å². The molecule has 0 radical (unpaired) electrons. The lowest BCUT2D eigenvalue weighted by Crippen LogP contribution is -2.30. The molecule has 30 heavy (non-hydrogen) atoms. The summed E-state index contributed by atoms with van der Waals surface area (Å²) in [6, 6.07) is 19.1. The Labute approximate surface area is 173 Å². The molecular weight excluding hydrogens is 376 g/mol. The summed E-state index contributed by atoms with van der Waals surface area (Å²) in [6.07, 6.45) is 2.72. The standard InChI is InChI=1S/C24H20N4O2/c1-2-16-9-11-17(12-10-16)14-27-21(26-20-8-5-13-25-22(20)27)15-28-23(29)18-6-3-4-7-19(18)24(28)30/h3-13H,2,14-15H2,1H3. The molecular formula is C24H20N4O2. The number of imide groups is 1. The lowest BCUT2D eigenvalue weighted by Gasteiger charge is -2.15. The van der Waals surface area contributed by atoms with Gasteiger partial charge in [0, 0.05) is 6.20 Å². The molecule has 6 heteroatoms. The first kappa shape index (κ1) is 18.2. The number of nitrogens with zero attached hydrogens (tertiary/aromatic N) is 4. The number of hydrogen-bond acceptors (Lipinski definition) is 4. The highest BCUT2D eigenvalue weighted by Gasteiger charge is 2.36. The average Bonchev–Trinajstić information content (AvgIpc) is 3.25. The molecule has 0 bridgehead atoms. The van der Waals surface area contributed by atoms with Gasteiger partial charge < -0.3 is 4.57 Å². The molecule has 2 aromatic carbocycles. The van der Waals surface area contributed by atoms with Crippen LogP contribution >= 0.6 is 0 Å². The summed E-state index contributed by atoms with van der Waals surface area (Å²) >= 11 is 0. The number of benzene rings is 2. The quantitative estimate of drug-likeness (QED) is 0.481. The third kappa shape index (κ3) is 2.97. The summed E-state index contributed by atoms with van der Waals surface area (Å²) in [5, 5.41) is 0. The molecule has 0 aliphatic carbocycles. The van der Waals surface area contributed by atoms with Gasteiger partial charge >= 0.3 is 0 Å². The number of aromatic nitrogens is 3. The fourth-order valence-electron chi connectivity index (χ4n) is 3.88. The molecule has 0 atom stereocenters. The van der Waals surface area contributed by atoms with Crippen molar-refractivity contribution in [3.63, 3.8) is 0 Å². The van der Waals surface area contributed by atoms with E-state index < -0.39 is 0 Å². The van der Waals surface area contributed by atoms with Gasteiger partial charge in [-0.25, -0.2) is 9.97 Å². The van der Waals surface area contributed by atoms with Gasteiger partial charge in [0.2, 0.25) is 0 Å². The molecule has 0 fully saturated rings. The highest BCUT2D eigenvalue weighted by atomic mass is 16.2. The van der Waals surface area contributed by atoms with Gasteiger partial charge in [0.1, 0.15) is 11.3 Å². The molecule has 0 N–H and O–H groups in total.